The molecular formula is C23H33N3O4. The molecule has 1 amide bonds. The number of carboxylic acids is 1. The molecule has 1 aromatic heterocycles. The van der Waals surface area contributed by atoms with E-state index in [2.05, 4.69) is 23.7 Å². The Hall–Kier alpha value is -2.41. The zero-order valence-corrected chi connectivity index (χ0v) is 18.2. The predicted molar refractivity (Wildman–Crippen MR) is 116 cm³/mol. The van der Waals surface area contributed by atoms with Gasteiger partial charge in [-0.2, -0.15) is 0 Å². The average Bonchev–Trinajstić information content (AvgIpc) is 3.36. The Morgan fingerprint density at radius 3 is 2.67 bits per heavy atom. The quantitative estimate of drug-likeness (QED) is 0.609. The van der Waals surface area contributed by atoms with Crippen LogP contribution in [0.15, 0.2) is 18.2 Å². The van der Waals surface area contributed by atoms with Gasteiger partial charge in [0.15, 0.2) is 0 Å². The van der Waals surface area contributed by atoms with Crippen molar-refractivity contribution >= 4 is 22.9 Å². The fourth-order valence-corrected chi connectivity index (χ4v) is 4.29. The van der Waals surface area contributed by atoms with Crippen LogP contribution < -0.4 is 5.32 Å². The van der Waals surface area contributed by atoms with E-state index in [4.69, 9.17) is 9.72 Å². The maximum Gasteiger partial charge on any atom is 0.326 e. The molecule has 2 atom stereocenters. The molecule has 1 saturated heterocycles. The maximum atomic E-state index is 12.7. The van der Waals surface area contributed by atoms with Gasteiger partial charge in [-0.15, -0.1) is 0 Å². The van der Waals surface area contributed by atoms with Gasteiger partial charge in [-0.3, -0.25) is 4.79 Å². The summed E-state index contributed by atoms with van der Waals surface area (Å²) in [5.41, 5.74) is 2.21. The molecule has 0 radical (unpaired) electrons. The third kappa shape index (κ3) is 4.83. The number of hydrogen-bond donors (Lipinski definition) is 2. The van der Waals surface area contributed by atoms with E-state index < -0.39 is 12.0 Å². The summed E-state index contributed by atoms with van der Waals surface area (Å²) in [5, 5.41) is 12.0. The van der Waals surface area contributed by atoms with Crippen LogP contribution in [0.25, 0.3) is 11.0 Å². The maximum absolute atomic E-state index is 12.7. The molecule has 1 fully saturated rings. The SMILES string of the molecule is CCC[C@H](NC(=O)c1ccc2c(c1)nc(CC1CCCO1)n2C(CC)CC)C(=O)O. The van der Waals surface area contributed by atoms with Gasteiger partial charge >= 0.3 is 5.97 Å². The number of aliphatic carboxylic acids is 1. The summed E-state index contributed by atoms with van der Waals surface area (Å²) < 4.78 is 8.13. The van der Waals surface area contributed by atoms with Crippen molar-refractivity contribution < 1.29 is 19.4 Å². The Kier molecular flexibility index (Phi) is 7.48. The lowest BCUT2D eigenvalue weighted by Crippen LogP contribution is -2.40. The van der Waals surface area contributed by atoms with Crippen LogP contribution in [0.4, 0.5) is 0 Å². The molecule has 1 aliphatic heterocycles. The summed E-state index contributed by atoms with van der Waals surface area (Å²) in [5.74, 6) is -0.392. The molecule has 0 aliphatic carbocycles. The van der Waals surface area contributed by atoms with Crippen molar-refractivity contribution in [3.05, 3.63) is 29.6 Å². The number of hydrogen-bond acceptors (Lipinski definition) is 4. The summed E-state index contributed by atoms with van der Waals surface area (Å²) in [6.45, 7) is 7.06. The van der Waals surface area contributed by atoms with E-state index in [1.807, 2.05) is 13.0 Å². The van der Waals surface area contributed by atoms with Gasteiger partial charge in [0.25, 0.3) is 5.91 Å². The Labute approximate surface area is 177 Å². The van der Waals surface area contributed by atoms with Crippen LogP contribution in [0.5, 0.6) is 0 Å². The zero-order chi connectivity index (χ0) is 21.7. The van der Waals surface area contributed by atoms with Gasteiger partial charge in [-0.05, 0) is 50.3 Å². The minimum atomic E-state index is -1.01. The van der Waals surface area contributed by atoms with Crippen molar-refractivity contribution in [3.8, 4) is 0 Å². The third-order valence-corrected chi connectivity index (χ3v) is 5.95. The van der Waals surface area contributed by atoms with Gasteiger partial charge in [0.05, 0.1) is 17.1 Å². The summed E-state index contributed by atoms with van der Waals surface area (Å²) in [4.78, 5) is 28.9. The largest absolute Gasteiger partial charge is 0.480 e. The third-order valence-electron chi connectivity index (χ3n) is 5.95. The van der Waals surface area contributed by atoms with Gasteiger partial charge in [-0.25, -0.2) is 9.78 Å². The molecule has 7 nitrogen and oxygen atoms in total. The van der Waals surface area contributed by atoms with E-state index in [1.54, 1.807) is 12.1 Å². The lowest BCUT2D eigenvalue weighted by atomic mass is 10.1. The smallest absolute Gasteiger partial charge is 0.326 e. The second-order valence-corrected chi connectivity index (χ2v) is 8.06. The van der Waals surface area contributed by atoms with Crippen molar-refractivity contribution in [2.24, 2.45) is 0 Å². The summed E-state index contributed by atoms with van der Waals surface area (Å²) >= 11 is 0. The highest BCUT2D eigenvalue weighted by Crippen LogP contribution is 2.28. The second kappa shape index (κ2) is 10.1. The molecule has 0 spiro atoms. The second-order valence-electron chi connectivity index (χ2n) is 8.06. The number of benzene rings is 1. The number of rotatable bonds is 10. The number of fused-ring (bicyclic) bond motifs is 1. The highest BCUT2D eigenvalue weighted by atomic mass is 16.5. The Morgan fingerprint density at radius 1 is 1.30 bits per heavy atom. The number of carbonyl (C=O) groups is 2. The van der Waals surface area contributed by atoms with Crippen molar-refractivity contribution in [1.29, 1.82) is 0 Å². The number of carbonyl (C=O) groups excluding carboxylic acids is 1. The number of carboxylic acid groups (broad SMARTS) is 1. The molecule has 1 aromatic carbocycles. The molecule has 164 valence electrons. The lowest BCUT2D eigenvalue weighted by molar-refractivity contribution is -0.139. The Morgan fingerprint density at radius 2 is 2.07 bits per heavy atom. The first-order valence-corrected chi connectivity index (χ1v) is 11.1. The lowest BCUT2D eigenvalue weighted by Gasteiger charge is -2.20. The molecule has 0 saturated carbocycles. The molecule has 2 N–H and O–H groups in total. The van der Waals surface area contributed by atoms with Gasteiger partial charge < -0.3 is 19.7 Å². The topological polar surface area (TPSA) is 93.5 Å². The van der Waals surface area contributed by atoms with E-state index in [1.165, 1.54) is 0 Å². The molecule has 3 rings (SSSR count). The summed E-state index contributed by atoms with van der Waals surface area (Å²) in [7, 11) is 0. The normalized spacial score (nSPS) is 17.5. The molecule has 1 unspecified atom stereocenters. The minimum Gasteiger partial charge on any atom is -0.480 e. The zero-order valence-electron chi connectivity index (χ0n) is 18.2. The fourth-order valence-electron chi connectivity index (χ4n) is 4.29. The highest BCUT2D eigenvalue weighted by Gasteiger charge is 2.24. The van der Waals surface area contributed by atoms with Crippen LogP contribution in [0.2, 0.25) is 0 Å². The van der Waals surface area contributed by atoms with Crippen molar-refractivity contribution in [1.82, 2.24) is 14.9 Å². The molecular weight excluding hydrogens is 382 g/mol. The number of nitrogens with one attached hydrogen (secondary N) is 1. The van der Waals surface area contributed by atoms with E-state index in [0.29, 0.717) is 24.4 Å². The Balaban J connectivity index is 1.93. The molecule has 1 aliphatic rings. The van der Waals surface area contributed by atoms with Crippen LogP contribution in [-0.4, -0.2) is 45.3 Å². The van der Waals surface area contributed by atoms with Crippen LogP contribution in [0, 0.1) is 0 Å². The molecule has 7 heteroatoms. The van der Waals surface area contributed by atoms with Crippen LogP contribution in [0.3, 0.4) is 0 Å². The number of ether oxygens (including phenoxy) is 1. The average molecular weight is 416 g/mol. The number of imidazole rings is 1. The van der Waals surface area contributed by atoms with Gasteiger partial charge in [0.1, 0.15) is 11.9 Å². The van der Waals surface area contributed by atoms with Crippen molar-refractivity contribution in [2.75, 3.05) is 6.61 Å². The first kappa shape index (κ1) is 22.3. The molecule has 2 aromatic rings. The Bertz CT molecular complexity index is 882. The number of aromatic nitrogens is 2. The number of amides is 1. The van der Waals surface area contributed by atoms with Crippen LogP contribution in [0.1, 0.15) is 81.5 Å². The number of nitrogens with zero attached hydrogens (tertiary/aromatic N) is 2. The van der Waals surface area contributed by atoms with Gasteiger partial charge in [0, 0.05) is 24.6 Å². The van der Waals surface area contributed by atoms with E-state index in [-0.39, 0.29) is 12.0 Å². The van der Waals surface area contributed by atoms with Crippen LogP contribution >= 0.6 is 0 Å². The van der Waals surface area contributed by atoms with Crippen LogP contribution in [-0.2, 0) is 16.0 Å². The predicted octanol–water partition coefficient (Wildman–Crippen LogP) is 4.10. The van der Waals surface area contributed by atoms with Gasteiger partial charge in [-0.1, -0.05) is 27.2 Å². The first-order chi connectivity index (χ1) is 14.5. The monoisotopic (exact) mass is 415 g/mol. The van der Waals surface area contributed by atoms with Crippen molar-refractivity contribution in [2.45, 2.75) is 83.9 Å². The van der Waals surface area contributed by atoms with E-state index in [9.17, 15) is 14.7 Å². The summed E-state index contributed by atoms with van der Waals surface area (Å²) in [6.07, 6.45) is 6.19. The molecule has 0 bridgehead atoms. The van der Waals surface area contributed by atoms with E-state index in [0.717, 1.165) is 55.6 Å². The van der Waals surface area contributed by atoms with Crippen molar-refractivity contribution in [3.63, 3.8) is 0 Å². The highest BCUT2D eigenvalue weighted by molar-refractivity contribution is 5.99. The van der Waals surface area contributed by atoms with Gasteiger partial charge in [0.2, 0.25) is 0 Å². The molecule has 2 heterocycles. The standard InChI is InChI=1S/C23H33N3O4/c1-4-8-18(23(28)29)25-22(27)15-10-11-20-19(13-15)24-21(14-17-9-7-12-30-17)26(20)16(5-2)6-3/h10-11,13,16-18H,4-9,12,14H2,1-3H3,(H,25,27)(H,28,29)/t17?,18-/m0/s1. The fraction of sp³-hybridized carbons (Fsp3) is 0.609. The summed E-state index contributed by atoms with van der Waals surface area (Å²) in [6, 6.07) is 4.93. The first-order valence-electron chi connectivity index (χ1n) is 11.1. The molecule has 30 heavy (non-hydrogen) atoms. The minimum absolute atomic E-state index is 0.197. The van der Waals surface area contributed by atoms with E-state index >= 15 is 0 Å².